The van der Waals surface area contributed by atoms with Gasteiger partial charge in [-0.05, 0) is 37.1 Å². The number of hydrogen-bond donors (Lipinski definition) is 1. The molecule has 0 saturated carbocycles. The fraction of sp³-hybridized carbons (Fsp3) is 0.438. The molecule has 0 radical (unpaired) electrons. The zero-order valence-electron chi connectivity index (χ0n) is 12.4. The minimum Gasteiger partial charge on any atom is -0.338 e. The van der Waals surface area contributed by atoms with E-state index in [0.717, 1.165) is 37.7 Å². The first-order chi connectivity index (χ1) is 10.1. The summed E-state index contributed by atoms with van der Waals surface area (Å²) in [6.45, 7) is 2.87. The molecule has 21 heavy (non-hydrogen) atoms. The van der Waals surface area contributed by atoms with Crippen LogP contribution in [-0.4, -0.2) is 16.1 Å². The molecule has 1 N–H and O–H groups in total. The standard InChI is InChI=1S/C16H21F2N3/c1-3-6-19-15(4-5-16-20-7-8-21(16)2)12-9-13(17)11-14(18)10-12/h7-11,15,19H,3-6H2,1-2H3. The molecule has 0 saturated heterocycles. The van der Waals surface area contributed by atoms with Crippen LogP contribution in [0.5, 0.6) is 0 Å². The van der Waals surface area contributed by atoms with Crippen molar-refractivity contribution >= 4 is 0 Å². The quantitative estimate of drug-likeness (QED) is 0.848. The van der Waals surface area contributed by atoms with Crippen molar-refractivity contribution in [3.8, 4) is 0 Å². The summed E-state index contributed by atoms with van der Waals surface area (Å²) in [6, 6.07) is 3.62. The molecule has 1 aromatic heterocycles. The predicted octanol–water partition coefficient (Wildman–Crippen LogP) is 3.37. The lowest BCUT2D eigenvalue weighted by Crippen LogP contribution is -2.23. The molecule has 3 nitrogen and oxygen atoms in total. The molecule has 2 rings (SSSR count). The van der Waals surface area contributed by atoms with E-state index in [1.54, 1.807) is 6.20 Å². The van der Waals surface area contributed by atoms with Crippen molar-refractivity contribution in [2.75, 3.05) is 6.54 Å². The van der Waals surface area contributed by atoms with Gasteiger partial charge in [-0.1, -0.05) is 6.92 Å². The van der Waals surface area contributed by atoms with Crippen LogP contribution in [0.2, 0.25) is 0 Å². The van der Waals surface area contributed by atoms with E-state index in [0.29, 0.717) is 5.56 Å². The Morgan fingerprint density at radius 3 is 2.52 bits per heavy atom. The second-order valence-corrected chi connectivity index (χ2v) is 5.20. The van der Waals surface area contributed by atoms with Gasteiger partial charge in [0.15, 0.2) is 0 Å². The maximum absolute atomic E-state index is 13.4. The lowest BCUT2D eigenvalue weighted by Gasteiger charge is -2.19. The van der Waals surface area contributed by atoms with Crippen LogP contribution < -0.4 is 5.32 Å². The van der Waals surface area contributed by atoms with Crippen LogP contribution in [0.25, 0.3) is 0 Å². The molecule has 0 bridgehead atoms. The number of aromatic nitrogens is 2. The minimum atomic E-state index is -0.537. The highest BCUT2D eigenvalue weighted by Gasteiger charge is 2.14. The first-order valence-corrected chi connectivity index (χ1v) is 7.25. The lowest BCUT2D eigenvalue weighted by atomic mass is 10.0. The highest BCUT2D eigenvalue weighted by molar-refractivity contribution is 5.21. The summed E-state index contributed by atoms with van der Waals surface area (Å²) in [7, 11) is 1.94. The molecular weight excluding hydrogens is 272 g/mol. The van der Waals surface area contributed by atoms with Crippen LogP contribution in [0.1, 0.15) is 37.2 Å². The fourth-order valence-corrected chi connectivity index (χ4v) is 2.39. The summed E-state index contributed by atoms with van der Waals surface area (Å²) < 4.78 is 28.8. The highest BCUT2D eigenvalue weighted by Crippen LogP contribution is 2.21. The second kappa shape index (κ2) is 7.31. The van der Waals surface area contributed by atoms with Crippen molar-refractivity contribution < 1.29 is 8.78 Å². The third-order valence-corrected chi connectivity index (χ3v) is 3.51. The number of nitrogens with one attached hydrogen (secondary N) is 1. The first kappa shape index (κ1) is 15.6. The van der Waals surface area contributed by atoms with Crippen molar-refractivity contribution in [3.63, 3.8) is 0 Å². The third-order valence-electron chi connectivity index (χ3n) is 3.51. The number of nitrogens with zero attached hydrogens (tertiary/aromatic N) is 2. The molecule has 0 spiro atoms. The van der Waals surface area contributed by atoms with Crippen molar-refractivity contribution in [2.45, 2.75) is 32.2 Å². The number of benzene rings is 1. The Morgan fingerprint density at radius 1 is 1.24 bits per heavy atom. The molecule has 0 aliphatic heterocycles. The molecule has 1 aromatic carbocycles. The van der Waals surface area contributed by atoms with Crippen LogP contribution in [0, 0.1) is 11.6 Å². The van der Waals surface area contributed by atoms with Gasteiger partial charge in [-0.15, -0.1) is 0 Å². The van der Waals surface area contributed by atoms with Crippen molar-refractivity contribution in [2.24, 2.45) is 7.05 Å². The van der Waals surface area contributed by atoms with Gasteiger partial charge in [0.2, 0.25) is 0 Å². The van der Waals surface area contributed by atoms with Gasteiger partial charge >= 0.3 is 0 Å². The maximum atomic E-state index is 13.4. The van der Waals surface area contributed by atoms with E-state index >= 15 is 0 Å². The van der Waals surface area contributed by atoms with Crippen LogP contribution >= 0.6 is 0 Å². The molecule has 1 heterocycles. The van der Waals surface area contributed by atoms with Crippen LogP contribution in [-0.2, 0) is 13.5 Å². The van der Waals surface area contributed by atoms with E-state index in [9.17, 15) is 8.78 Å². The van der Waals surface area contributed by atoms with Gasteiger partial charge in [-0.25, -0.2) is 13.8 Å². The molecule has 1 unspecified atom stereocenters. The summed E-state index contributed by atoms with van der Waals surface area (Å²) in [6.07, 6.45) is 6.12. The highest BCUT2D eigenvalue weighted by atomic mass is 19.1. The van der Waals surface area contributed by atoms with E-state index < -0.39 is 11.6 Å². The number of imidazole rings is 1. The Balaban J connectivity index is 2.11. The summed E-state index contributed by atoms with van der Waals surface area (Å²) in [5.41, 5.74) is 0.648. The summed E-state index contributed by atoms with van der Waals surface area (Å²) >= 11 is 0. The van der Waals surface area contributed by atoms with E-state index in [2.05, 4.69) is 17.2 Å². The third kappa shape index (κ3) is 4.36. The average molecular weight is 293 g/mol. The largest absolute Gasteiger partial charge is 0.338 e. The lowest BCUT2D eigenvalue weighted by molar-refractivity contribution is 0.483. The molecule has 2 aromatic rings. The number of rotatable bonds is 7. The number of aryl methyl sites for hydroxylation is 2. The maximum Gasteiger partial charge on any atom is 0.126 e. The zero-order valence-corrected chi connectivity index (χ0v) is 12.4. The smallest absolute Gasteiger partial charge is 0.126 e. The monoisotopic (exact) mass is 293 g/mol. The van der Waals surface area contributed by atoms with Gasteiger partial charge in [0.25, 0.3) is 0 Å². The Labute approximate surface area is 124 Å². The molecule has 0 aliphatic carbocycles. The van der Waals surface area contributed by atoms with Gasteiger partial charge in [0, 0.05) is 38.0 Å². The van der Waals surface area contributed by atoms with E-state index in [-0.39, 0.29) is 6.04 Å². The van der Waals surface area contributed by atoms with Crippen LogP contribution in [0.15, 0.2) is 30.6 Å². The summed E-state index contributed by atoms with van der Waals surface area (Å²) in [4.78, 5) is 4.28. The Kier molecular flexibility index (Phi) is 5.44. The molecule has 0 aliphatic rings. The summed E-state index contributed by atoms with van der Waals surface area (Å²) in [5.74, 6) is -0.106. The van der Waals surface area contributed by atoms with Gasteiger partial charge in [-0.2, -0.15) is 0 Å². The normalized spacial score (nSPS) is 12.6. The van der Waals surface area contributed by atoms with Gasteiger partial charge in [0.05, 0.1) is 0 Å². The van der Waals surface area contributed by atoms with Gasteiger partial charge in [0.1, 0.15) is 17.5 Å². The topological polar surface area (TPSA) is 29.9 Å². The van der Waals surface area contributed by atoms with Crippen molar-refractivity contribution in [1.82, 2.24) is 14.9 Å². The average Bonchev–Trinajstić information content (AvgIpc) is 2.83. The van der Waals surface area contributed by atoms with E-state index in [1.807, 2.05) is 17.8 Å². The molecule has 5 heteroatoms. The van der Waals surface area contributed by atoms with Crippen molar-refractivity contribution in [3.05, 3.63) is 53.6 Å². The molecule has 1 atom stereocenters. The summed E-state index contributed by atoms with van der Waals surface area (Å²) in [5, 5.41) is 3.35. The van der Waals surface area contributed by atoms with E-state index in [1.165, 1.54) is 12.1 Å². The van der Waals surface area contributed by atoms with Crippen molar-refractivity contribution in [1.29, 1.82) is 0 Å². The van der Waals surface area contributed by atoms with E-state index in [4.69, 9.17) is 0 Å². The Bertz CT molecular complexity index is 560. The molecule has 0 fully saturated rings. The van der Waals surface area contributed by atoms with Gasteiger partial charge < -0.3 is 9.88 Å². The first-order valence-electron chi connectivity index (χ1n) is 7.25. The molecule has 114 valence electrons. The van der Waals surface area contributed by atoms with Crippen LogP contribution in [0.3, 0.4) is 0 Å². The fourth-order valence-electron chi connectivity index (χ4n) is 2.39. The van der Waals surface area contributed by atoms with Gasteiger partial charge in [-0.3, -0.25) is 0 Å². The van der Waals surface area contributed by atoms with Crippen LogP contribution in [0.4, 0.5) is 8.78 Å². The zero-order chi connectivity index (χ0) is 15.2. The number of hydrogen-bond acceptors (Lipinski definition) is 2. The Morgan fingerprint density at radius 2 is 1.95 bits per heavy atom. The SMILES string of the molecule is CCCNC(CCc1nccn1C)c1cc(F)cc(F)c1. The number of halogens is 2. The second-order valence-electron chi connectivity index (χ2n) is 5.20. The predicted molar refractivity (Wildman–Crippen MR) is 78.9 cm³/mol. The molecule has 0 amide bonds. The minimum absolute atomic E-state index is 0.0770. The Hall–Kier alpha value is -1.75. The molecular formula is C16H21F2N3.